The number of ether oxygens (including phenoxy) is 1. The highest BCUT2D eigenvalue weighted by molar-refractivity contribution is 6.04. The molecule has 4 saturated heterocycles. The molecule has 5 fully saturated rings. The maximum atomic E-state index is 14.0. The van der Waals surface area contributed by atoms with Crippen molar-refractivity contribution in [2.45, 2.75) is 71.1 Å². The lowest BCUT2D eigenvalue weighted by Crippen LogP contribution is -2.61. The molecule has 2 aromatic carbocycles. The van der Waals surface area contributed by atoms with Crippen molar-refractivity contribution in [3.63, 3.8) is 0 Å². The van der Waals surface area contributed by atoms with Gasteiger partial charge >= 0.3 is 6.18 Å². The first kappa shape index (κ1) is 33.6. The van der Waals surface area contributed by atoms with Crippen LogP contribution in [0.25, 0.3) is 22.0 Å². The molecule has 5 aliphatic heterocycles. The Bertz CT molecular complexity index is 1990. The fraction of sp³-hybridized carbons (Fsp3) is 0.550. The van der Waals surface area contributed by atoms with Crippen LogP contribution in [0.1, 0.15) is 61.3 Å². The summed E-state index contributed by atoms with van der Waals surface area (Å²) in [4.78, 5) is 36.0. The summed E-state index contributed by atoms with van der Waals surface area (Å²) in [7, 11) is 0. The van der Waals surface area contributed by atoms with Gasteiger partial charge in [-0.2, -0.15) is 18.2 Å². The maximum absolute atomic E-state index is 14.0. The lowest BCUT2D eigenvalue weighted by Gasteiger charge is -2.54. The number of alkyl halides is 3. The zero-order valence-corrected chi connectivity index (χ0v) is 30.1. The van der Waals surface area contributed by atoms with Crippen molar-refractivity contribution in [1.29, 1.82) is 0 Å². The van der Waals surface area contributed by atoms with E-state index in [1.807, 2.05) is 37.1 Å². The van der Waals surface area contributed by atoms with E-state index in [1.54, 1.807) is 0 Å². The van der Waals surface area contributed by atoms with Gasteiger partial charge in [-0.3, -0.25) is 14.7 Å². The summed E-state index contributed by atoms with van der Waals surface area (Å²) in [5.41, 5.74) is 6.33. The minimum atomic E-state index is -4.54. The highest BCUT2D eigenvalue weighted by Gasteiger charge is 2.51. The van der Waals surface area contributed by atoms with E-state index in [2.05, 4.69) is 32.3 Å². The first-order chi connectivity index (χ1) is 25.0. The first-order valence-corrected chi connectivity index (χ1v) is 18.8. The molecule has 6 heterocycles. The third-order valence-corrected chi connectivity index (χ3v) is 12.8. The Kier molecular flexibility index (Phi) is 7.88. The van der Waals surface area contributed by atoms with Gasteiger partial charge < -0.3 is 19.4 Å². The van der Waals surface area contributed by atoms with E-state index in [-0.39, 0.29) is 17.1 Å². The minimum absolute atomic E-state index is 0.0339. The molecule has 12 heteroatoms. The fourth-order valence-corrected chi connectivity index (χ4v) is 9.39. The van der Waals surface area contributed by atoms with E-state index >= 15 is 0 Å². The second-order valence-corrected chi connectivity index (χ2v) is 16.2. The number of nitrogens with zero attached hydrogens (tertiary/aromatic N) is 7. The molecule has 52 heavy (non-hydrogen) atoms. The molecule has 3 aromatic rings. The van der Waals surface area contributed by atoms with Crippen molar-refractivity contribution in [1.82, 2.24) is 19.8 Å². The summed E-state index contributed by atoms with van der Waals surface area (Å²) in [6, 6.07) is 6.58. The highest BCUT2D eigenvalue weighted by Crippen LogP contribution is 2.53. The zero-order valence-electron chi connectivity index (χ0n) is 30.1. The Balaban J connectivity index is 1.15. The number of aliphatic imine (C=N–C) groups is 1. The van der Waals surface area contributed by atoms with Crippen molar-refractivity contribution in [3.8, 4) is 16.9 Å². The number of carbonyl (C=O) groups excluding carboxylic acids is 1. The van der Waals surface area contributed by atoms with Crippen LogP contribution in [-0.2, 0) is 17.8 Å². The fourth-order valence-electron chi connectivity index (χ4n) is 9.39. The van der Waals surface area contributed by atoms with Crippen molar-refractivity contribution in [2.24, 2.45) is 15.8 Å². The SMILES string of the molecule is C=CC(=O)N1CC2(CCN(c3nc(N4CC(N5CCC6(CC6)C5)C4)nc4c(OCC(F)(F)F)c(-c5c(C)ccc6c5C=NC6)c(CC)cc34)CC2)C1. The van der Waals surface area contributed by atoms with Crippen LogP contribution in [0.5, 0.6) is 5.75 Å². The van der Waals surface area contributed by atoms with Gasteiger partial charge in [0, 0.05) is 80.0 Å². The summed E-state index contributed by atoms with van der Waals surface area (Å²) in [5, 5.41) is 0.709. The van der Waals surface area contributed by atoms with Gasteiger partial charge in [0.15, 0.2) is 12.4 Å². The Morgan fingerprint density at radius 2 is 1.75 bits per heavy atom. The average molecular weight is 714 g/mol. The third-order valence-electron chi connectivity index (χ3n) is 12.8. The van der Waals surface area contributed by atoms with Gasteiger partial charge in [0.2, 0.25) is 11.9 Å². The van der Waals surface area contributed by atoms with Crippen molar-refractivity contribution in [2.75, 3.05) is 68.8 Å². The molecule has 1 amide bonds. The standard InChI is InChI=1S/C40H46F3N7O2/c1-4-26-16-29-34(35(52-24-40(41,42)43)33(26)32-25(3)6-7-27-17-44-18-30(27)32)45-37(49-19-28(20-49)48-15-10-38(21-48)8-9-38)46-36(29)47-13-11-39(12-14-47)22-50(23-39)31(51)5-2/h5-7,16,18,28H,2,4,8-15,17,19-24H2,1,3H3. The van der Waals surface area contributed by atoms with Gasteiger partial charge in [-0.05, 0) is 91.8 Å². The van der Waals surface area contributed by atoms with Crippen LogP contribution in [0.4, 0.5) is 24.9 Å². The van der Waals surface area contributed by atoms with Crippen LogP contribution >= 0.6 is 0 Å². The van der Waals surface area contributed by atoms with E-state index in [1.165, 1.54) is 25.3 Å². The molecular weight excluding hydrogens is 667 g/mol. The average Bonchev–Trinajstić information content (AvgIpc) is 3.47. The lowest BCUT2D eigenvalue weighted by molar-refractivity contribution is -0.153. The second kappa shape index (κ2) is 12.2. The van der Waals surface area contributed by atoms with Gasteiger partial charge in [-0.1, -0.05) is 25.6 Å². The molecule has 6 aliphatic rings. The number of amides is 1. The second-order valence-electron chi connectivity index (χ2n) is 16.2. The molecular formula is C40H46F3N7O2. The Morgan fingerprint density at radius 3 is 2.42 bits per heavy atom. The largest absolute Gasteiger partial charge is 0.481 e. The molecule has 9 rings (SSSR count). The lowest BCUT2D eigenvalue weighted by atomic mass is 9.72. The molecule has 1 aliphatic carbocycles. The van der Waals surface area contributed by atoms with Crippen molar-refractivity contribution < 1.29 is 22.7 Å². The first-order valence-electron chi connectivity index (χ1n) is 18.8. The highest BCUT2D eigenvalue weighted by atomic mass is 19.4. The summed E-state index contributed by atoms with van der Waals surface area (Å²) < 4.78 is 48.0. The Hall–Kier alpha value is -4.19. The molecule has 2 spiro atoms. The minimum Gasteiger partial charge on any atom is -0.481 e. The summed E-state index contributed by atoms with van der Waals surface area (Å²) in [6.07, 6.45) is 4.96. The van der Waals surface area contributed by atoms with E-state index in [9.17, 15) is 18.0 Å². The Morgan fingerprint density at radius 1 is 1.00 bits per heavy atom. The number of hydrogen-bond acceptors (Lipinski definition) is 8. The summed E-state index contributed by atoms with van der Waals surface area (Å²) in [5.74, 6) is 1.40. The number of rotatable bonds is 8. The number of likely N-dealkylation sites (tertiary alicyclic amines) is 2. The number of carbonyl (C=O) groups is 1. The van der Waals surface area contributed by atoms with Gasteiger partial charge in [0.1, 0.15) is 11.3 Å². The number of fused-ring (bicyclic) bond motifs is 2. The summed E-state index contributed by atoms with van der Waals surface area (Å²) in [6.45, 7) is 13.5. The molecule has 0 N–H and O–H groups in total. The molecule has 274 valence electrons. The molecule has 0 bridgehead atoms. The normalized spacial score (nSPS) is 21.9. The number of aromatic nitrogens is 2. The quantitative estimate of drug-likeness (QED) is 0.253. The van der Waals surface area contributed by atoms with E-state index in [0.29, 0.717) is 46.8 Å². The monoisotopic (exact) mass is 713 g/mol. The van der Waals surface area contributed by atoms with E-state index in [4.69, 9.17) is 14.7 Å². The van der Waals surface area contributed by atoms with Gasteiger partial charge in [-0.25, -0.2) is 4.98 Å². The van der Waals surface area contributed by atoms with Crippen molar-refractivity contribution in [3.05, 3.63) is 53.1 Å². The van der Waals surface area contributed by atoms with Crippen LogP contribution in [0.2, 0.25) is 0 Å². The third kappa shape index (κ3) is 5.72. The Labute approximate surface area is 302 Å². The predicted molar refractivity (Wildman–Crippen MR) is 196 cm³/mol. The molecule has 9 nitrogen and oxygen atoms in total. The number of halogens is 3. The molecule has 1 saturated carbocycles. The van der Waals surface area contributed by atoms with E-state index in [0.717, 1.165) is 98.8 Å². The number of aryl methyl sites for hydroxylation is 2. The van der Waals surface area contributed by atoms with Gasteiger partial charge in [0.05, 0.1) is 6.54 Å². The van der Waals surface area contributed by atoms with Crippen LogP contribution in [0.3, 0.4) is 0 Å². The number of piperidine rings is 1. The summed E-state index contributed by atoms with van der Waals surface area (Å²) >= 11 is 0. The van der Waals surface area contributed by atoms with Gasteiger partial charge in [0.25, 0.3) is 0 Å². The predicted octanol–water partition coefficient (Wildman–Crippen LogP) is 6.33. The zero-order chi connectivity index (χ0) is 36.0. The van der Waals surface area contributed by atoms with Crippen LogP contribution in [-0.4, -0.2) is 103 Å². The van der Waals surface area contributed by atoms with E-state index < -0.39 is 12.8 Å². The molecule has 0 unspecified atom stereocenters. The maximum Gasteiger partial charge on any atom is 0.422 e. The smallest absolute Gasteiger partial charge is 0.422 e. The van der Waals surface area contributed by atoms with Crippen molar-refractivity contribution >= 4 is 34.8 Å². The number of benzene rings is 2. The topological polar surface area (TPSA) is 77.4 Å². The molecule has 0 atom stereocenters. The molecule has 0 radical (unpaired) electrons. The number of hydrogen-bond donors (Lipinski definition) is 0. The van der Waals surface area contributed by atoms with Crippen LogP contribution < -0.4 is 14.5 Å². The number of anilines is 2. The van der Waals surface area contributed by atoms with Gasteiger partial charge in [-0.15, -0.1) is 0 Å². The molecule has 1 aromatic heterocycles. The van der Waals surface area contributed by atoms with Crippen LogP contribution in [0.15, 0.2) is 35.8 Å². The van der Waals surface area contributed by atoms with Crippen LogP contribution in [0, 0.1) is 17.8 Å².